The lowest BCUT2D eigenvalue weighted by atomic mass is 10.1. The number of likely N-dealkylation sites (N-methyl/N-ethyl adjacent to an activating group) is 1. The van der Waals surface area contributed by atoms with Gasteiger partial charge in [-0.25, -0.2) is 0 Å². The number of rotatable bonds is 2. The van der Waals surface area contributed by atoms with Crippen LogP contribution >= 0.6 is 0 Å². The summed E-state index contributed by atoms with van der Waals surface area (Å²) in [6.07, 6.45) is 0. The molecule has 0 aliphatic carbocycles. The fourth-order valence-corrected chi connectivity index (χ4v) is 2.15. The van der Waals surface area contributed by atoms with Gasteiger partial charge in [-0.15, -0.1) is 0 Å². The number of nitrogens with zero attached hydrogens (tertiary/aromatic N) is 2. The van der Waals surface area contributed by atoms with E-state index in [1.807, 2.05) is 18.2 Å². The van der Waals surface area contributed by atoms with E-state index in [4.69, 9.17) is 0 Å². The molecule has 3 heteroatoms. The summed E-state index contributed by atoms with van der Waals surface area (Å²) >= 11 is 0. The van der Waals surface area contributed by atoms with Gasteiger partial charge in [-0.3, -0.25) is 4.90 Å². The van der Waals surface area contributed by atoms with Gasteiger partial charge >= 0.3 is 0 Å². The Morgan fingerprint density at radius 1 is 1.31 bits per heavy atom. The molecule has 0 aromatic heterocycles. The summed E-state index contributed by atoms with van der Waals surface area (Å²) in [6, 6.07) is 8.20. The largest absolute Gasteiger partial charge is 0.508 e. The Bertz CT molecular complexity index is 354. The number of para-hydroxylation sites is 1. The van der Waals surface area contributed by atoms with E-state index in [1.165, 1.54) is 0 Å². The number of aromatic hydroxyl groups is 1. The lowest BCUT2D eigenvalue weighted by Crippen LogP contribution is -2.49. The molecule has 2 rings (SSSR count). The lowest BCUT2D eigenvalue weighted by Gasteiger charge is -2.37. The highest BCUT2D eigenvalue weighted by Crippen LogP contribution is 2.19. The van der Waals surface area contributed by atoms with Crippen molar-refractivity contribution < 1.29 is 5.11 Å². The molecule has 88 valence electrons. The average molecular weight is 220 g/mol. The SMILES string of the molecule is CC1CN(Cc2ccccc2O)CCN1C. The van der Waals surface area contributed by atoms with Crippen LogP contribution in [0.4, 0.5) is 0 Å². The maximum absolute atomic E-state index is 9.72. The summed E-state index contributed by atoms with van der Waals surface area (Å²) < 4.78 is 0. The van der Waals surface area contributed by atoms with Gasteiger partial charge in [0, 0.05) is 37.8 Å². The van der Waals surface area contributed by atoms with Gasteiger partial charge in [-0.1, -0.05) is 18.2 Å². The van der Waals surface area contributed by atoms with Crippen LogP contribution in [0.5, 0.6) is 5.75 Å². The minimum atomic E-state index is 0.411. The zero-order valence-electron chi connectivity index (χ0n) is 10.1. The molecule has 1 heterocycles. The normalized spacial score (nSPS) is 23.5. The molecule has 1 aliphatic rings. The number of phenols is 1. The van der Waals surface area contributed by atoms with Crippen molar-refractivity contribution in [2.24, 2.45) is 0 Å². The number of hydrogen-bond acceptors (Lipinski definition) is 3. The number of piperazine rings is 1. The smallest absolute Gasteiger partial charge is 0.120 e. The van der Waals surface area contributed by atoms with Crippen LogP contribution in [0.25, 0.3) is 0 Å². The molecular formula is C13H20N2O. The van der Waals surface area contributed by atoms with Crippen molar-refractivity contribution in [3.63, 3.8) is 0 Å². The third-order valence-electron chi connectivity index (χ3n) is 3.43. The molecule has 0 spiro atoms. The van der Waals surface area contributed by atoms with Gasteiger partial charge in [0.2, 0.25) is 0 Å². The second-order valence-corrected chi connectivity index (χ2v) is 4.69. The molecule has 0 amide bonds. The van der Waals surface area contributed by atoms with E-state index >= 15 is 0 Å². The first kappa shape index (κ1) is 11.4. The molecule has 1 aromatic rings. The zero-order chi connectivity index (χ0) is 11.5. The Hall–Kier alpha value is -1.06. The molecule has 16 heavy (non-hydrogen) atoms. The van der Waals surface area contributed by atoms with Crippen LogP contribution in [0.3, 0.4) is 0 Å². The fraction of sp³-hybridized carbons (Fsp3) is 0.538. The monoisotopic (exact) mass is 220 g/mol. The molecule has 1 fully saturated rings. The van der Waals surface area contributed by atoms with Gasteiger partial charge in [0.1, 0.15) is 5.75 Å². The standard InChI is InChI=1S/C13H20N2O/c1-11-9-15(8-7-14(11)2)10-12-5-3-4-6-13(12)16/h3-6,11,16H,7-10H2,1-2H3. The minimum Gasteiger partial charge on any atom is -0.508 e. The first-order chi connectivity index (χ1) is 7.66. The molecule has 0 bridgehead atoms. The van der Waals surface area contributed by atoms with Crippen molar-refractivity contribution in [1.29, 1.82) is 0 Å². The Kier molecular flexibility index (Phi) is 3.46. The van der Waals surface area contributed by atoms with E-state index in [1.54, 1.807) is 6.07 Å². The van der Waals surface area contributed by atoms with Crippen molar-refractivity contribution >= 4 is 0 Å². The molecule has 0 saturated carbocycles. The molecule has 1 unspecified atom stereocenters. The van der Waals surface area contributed by atoms with Gasteiger partial charge in [-0.2, -0.15) is 0 Å². The molecule has 3 nitrogen and oxygen atoms in total. The summed E-state index contributed by atoms with van der Waals surface area (Å²) in [5.74, 6) is 0.411. The van der Waals surface area contributed by atoms with E-state index in [0.29, 0.717) is 11.8 Å². The summed E-state index contributed by atoms with van der Waals surface area (Å²) in [7, 11) is 2.17. The number of benzene rings is 1. The quantitative estimate of drug-likeness (QED) is 0.819. The molecule has 1 N–H and O–H groups in total. The second-order valence-electron chi connectivity index (χ2n) is 4.69. The Labute approximate surface area is 97.3 Å². The van der Waals surface area contributed by atoms with Crippen LogP contribution in [0.15, 0.2) is 24.3 Å². The van der Waals surface area contributed by atoms with E-state index < -0.39 is 0 Å². The number of phenolic OH excluding ortho intramolecular Hbond substituents is 1. The van der Waals surface area contributed by atoms with Crippen LogP contribution in [-0.2, 0) is 6.54 Å². The molecular weight excluding hydrogens is 200 g/mol. The van der Waals surface area contributed by atoms with E-state index in [0.717, 1.165) is 31.7 Å². The maximum Gasteiger partial charge on any atom is 0.120 e. The summed E-state index contributed by atoms with van der Waals surface area (Å²) in [5.41, 5.74) is 1.03. The average Bonchev–Trinajstić information content (AvgIpc) is 2.27. The predicted octanol–water partition coefficient (Wildman–Crippen LogP) is 1.53. The van der Waals surface area contributed by atoms with Crippen LogP contribution < -0.4 is 0 Å². The molecule has 0 radical (unpaired) electrons. The Balaban J connectivity index is 1.98. The van der Waals surface area contributed by atoms with Gasteiger partial charge in [0.05, 0.1) is 0 Å². The fourth-order valence-electron chi connectivity index (χ4n) is 2.15. The van der Waals surface area contributed by atoms with E-state index in [2.05, 4.69) is 23.8 Å². The highest BCUT2D eigenvalue weighted by molar-refractivity contribution is 5.31. The van der Waals surface area contributed by atoms with Crippen LogP contribution in [0.1, 0.15) is 12.5 Å². The molecule has 1 saturated heterocycles. The molecule has 1 atom stereocenters. The Morgan fingerprint density at radius 3 is 2.75 bits per heavy atom. The van der Waals surface area contributed by atoms with Crippen molar-refractivity contribution in [3.05, 3.63) is 29.8 Å². The van der Waals surface area contributed by atoms with E-state index in [9.17, 15) is 5.11 Å². The van der Waals surface area contributed by atoms with Crippen LogP contribution in [0, 0.1) is 0 Å². The predicted molar refractivity (Wildman–Crippen MR) is 65.5 cm³/mol. The Morgan fingerprint density at radius 2 is 2.06 bits per heavy atom. The van der Waals surface area contributed by atoms with Crippen molar-refractivity contribution in [3.8, 4) is 5.75 Å². The first-order valence-corrected chi connectivity index (χ1v) is 5.86. The van der Waals surface area contributed by atoms with Gasteiger partial charge in [0.25, 0.3) is 0 Å². The van der Waals surface area contributed by atoms with E-state index in [-0.39, 0.29) is 0 Å². The van der Waals surface area contributed by atoms with Crippen LogP contribution in [-0.4, -0.2) is 47.6 Å². The zero-order valence-corrected chi connectivity index (χ0v) is 10.1. The maximum atomic E-state index is 9.72. The van der Waals surface area contributed by atoms with Gasteiger partial charge in [-0.05, 0) is 20.0 Å². The third-order valence-corrected chi connectivity index (χ3v) is 3.43. The minimum absolute atomic E-state index is 0.411. The van der Waals surface area contributed by atoms with Crippen LogP contribution in [0.2, 0.25) is 0 Å². The lowest BCUT2D eigenvalue weighted by molar-refractivity contribution is 0.0994. The topological polar surface area (TPSA) is 26.7 Å². The van der Waals surface area contributed by atoms with Gasteiger partial charge < -0.3 is 10.0 Å². The summed E-state index contributed by atoms with van der Waals surface area (Å²) in [5, 5.41) is 9.72. The second kappa shape index (κ2) is 4.85. The highest BCUT2D eigenvalue weighted by Gasteiger charge is 2.20. The molecule has 1 aliphatic heterocycles. The van der Waals surface area contributed by atoms with Crippen molar-refractivity contribution in [2.75, 3.05) is 26.7 Å². The summed E-state index contributed by atoms with van der Waals surface area (Å²) in [4.78, 5) is 4.78. The molecule has 1 aromatic carbocycles. The third kappa shape index (κ3) is 2.54. The van der Waals surface area contributed by atoms with Crippen molar-refractivity contribution in [1.82, 2.24) is 9.80 Å². The van der Waals surface area contributed by atoms with Gasteiger partial charge in [0.15, 0.2) is 0 Å². The van der Waals surface area contributed by atoms with Crippen molar-refractivity contribution in [2.45, 2.75) is 19.5 Å². The highest BCUT2D eigenvalue weighted by atomic mass is 16.3. The number of hydrogen-bond donors (Lipinski definition) is 1. The summed E-state index contributed by atoms with van der Waals surface area (Å²) in [6.45, 7) is 6.36. The first-order valence-electron chi connectivity index (χ1n) is 5.86.